The van der Waals surface area contributed by atoms with E-state index in [-0.39, 0.29) is 11.8 Å². The van der Waals surface area contributed by atoms with Gasteiger partial charge in [0.05, 0.1) is 0 Å². The van der Waals surface area contributed by atoms with Crippen molar-refractivity contribution >= 4 is 17.7 Å². The number of nitrogens with one attached hydrogen (secondary N) is 1. The third-order valence-corrected chi connectivity index (χ3v) is 5.35. The second-order valence-corrected chi connectivity index (χ2v) is 7.53. The molecule has 0 aliphatic carbocycles. The molecule has 1 aliphatic rings. The quantitative estimate of drug-likeness (QED) is 0.815. The van der Waals surface area contributed by atoms with E-state index in [4.69, 9.17) is 4.74 Å². The first kappa shape index (κ1) is 20.9. The highest BCUT2D eigenvalue weighted by Gasteiger charge is 2.22. The molecule has 0 aromatic heterocycles. The van der Waals surface area contributed by atoms with Crippen molar-refractivity contribution in [3.05, 3.63) is 60.2 Å². The van der Waals surface area contributed by atoms with Crippen LogP contribution >= 0.6 is 0 Å². The second kappa shape index (κ2) is 10.1. The molecular weight excluding hydrogens is 366 g/mol. The van der Waals surface area contributed by atoms with Gasteiger partial charge in [-0.15, -0.1) is 0 Å². The fraction of sp³-hybridized carbons (Fsp3) is 0.391. The molecule has 1 fully saturated rings. The van der Waals surface area contributed by atoms with Crippen molar-refractivity contribution in [3.63, 3.8) is 0 Å². The molecule has 29 heavy (non-hydrogen) atoms. The molecule has 6 nitrogen and oxygen atoms in total. The summed E-state index contributed by atoms with van der Waals surface area (Å²) in [5.41, 5.74) is 1.86. The van der Waals surface area contributed by atoms with Crippen molar-refractivity contribution in [3.8, 4) is 5.75 Å². The van der Waals surface area contributed by atoms with Gasteiger partial charge in [0.15, 0.2) is 0 Å². The van der Waals surface area contributed by atoms with Crippen LogP contribution < -0.4 is 15.0 Å². The monoisotopic (exact) mass is 395 g/mol. The highest BCUT2D eigenvalue weighted by atomic mass is 16.6. The van der Waals surface area contributed by atoms with Crippen LogP contribution in [0.4, 0.5) is 10.5 Å². The molecule has 1 heterocycles. The average molecular weight is 396 g/mol. The first-order chi connectivity index (χ1) is 14.0. The number of anilines is 1. The topological polar surface area (TPSA) is 61.9 Å². The average Bonchev–Trinajstić information content (AvgIpc) is 2.75. The summed E-state index contributed by atoms with van der Waals surface area (Å²) >= 11 is 0. The smallest absolute Gasteiger partial charge is 0.410 e. The molecule has 0 unspecified atom stereocenters. The summed E-state index contributed by atoms with van der Waals surface area (Å²) in [6.45, 7) is 2.58. The maximum atomic E-state index is 12.3. The molecule has 2 aromatic rings. The zero-order valence-corrected chi connectivity index (χ0v) is 17.1. The highest BCUT2D eigenvalue weighted by Crippen LogP contribution is 2.18. The fourth-order valence-corrected chi connectivity index (χ4v) is 3.40. The molecule has 0 saturated carbocycles. The van der Waals surface area contributed by atoms with Crippen molar-refractivity contribution in [2.45, 2.75) is 19.3 Å². The Kier molecular flexibility index (Phi) is 7.25. The molecule has 2 amide bonds. The summed E-state index contributed by atoms with van der Waals surface area (Å²) in [4.78, 5) is 28.3. The van der Waals surface area contributed by atoms with E-state index < -0.39 is 6.09 Å². The molecule has 3 rings (SSSR count). The van der Waals surface area contributed by atoms with Crippen molar-refractivity contribution in [1.29, 1.82) is 0 Å². The van der Waals surface area contributed by atoms with Gasteiger partial charge in [-0.05, 0) is 69.2 Å². The number of para-hydroxylation sites is 1. The number of benzene rings is 2. The first-order valence-electron chi connectivity index (χ1n) is 10.1. The number of rotatable bonds is 6. The lowest BCUT2D eigenvalue weighted by molar-refractivity contribution is -0.126. The standard InChI is InChI=1S/C23H29N3O3/c1-25-16-13-19(14-17-25)22(27)24-15-12-18-8-10-21(11-9-18)29-23(28)26(2)20-6-4-3-5-7-20/h3-11,19H,12-17H2,1-2H3,(H,24,27). The molecule has 0 radical (unpaired) electrons. The van der Waals surface area contributed by atoms with Gasteiger partial charge in [0.1, 0.15) is 5.75 Å². The lowest BCUT2D eigenvalue weighted by Crippen LogP contribution is -2.39. The Morgan fingerprint density at radius 1 is 1.07 bits per heavy atom. The fourth-order valence-electron chi connectivity index (χ4n) is 3.40. The Labute approximate surface area is 172 Å². The largest absolute Gasteiger partial charge is 0.419 e. The minimum Gasteiger partial charge on any atom is -0.410 e. The molecule has 0 spiro atoms. The molecule has 1 saturated heterocycles. The zero-order valence-electron chi connectivity index (χ0n) is 17.1. The minimum absolute atomic E-state index is 0.134. The molecule has 6 heteroatoms. The lowest BCUT2D eigenvalue weighted by Gasteiger charge is -2.28. The summed E-state index contributed by atoms with van der Waals surface area (Å²) in [5.74, 6) is 0.791. The number of hydrogen-bond donors (Lipinski definition) is 1. The molecule has 2 aromatic carbocycles. The van der Waals surface area contributed by atoms with E-state index in [0.717, 1.165) is 43.6 Å². The van der Waals surface area contributed by atoms with Crippen LogP contribution in [-0.4, -0.2) is 50.6 Å². The third kappa shape index (κ3) is 6.06. The summed E-state index contributed by atoms with van der Waals surface area (Å²) in [7, 11) is 3.77. The van der Waals surface area contributed by atoms with Gasteiger partial charge in [0.25, 0.3) is 0 Å². The summed E-state index contributed by atoms with van der Waals surface area (Å²) in [6.07, 6.45) is 2.17. The van der Waals surface area contributed by atoms with Crippen LogP contribution in [0.15, 0.2) is 54.6 Å². The number of ether oxygens (including phenoxy) is 1. The van der Waals surface area contributed by atoms with Gasteiger partial charge in [-0.25, -0.2) is 4.79 Å². The van der Waals surface area contributed by atoms with Gasteiger partial charge in [-0.1, -0.05) is 30.3 Å². The Morgan fingerprint density at radius 2 is 1.72 bits per heavy atom. The van der Waals surface area contributed by atoms with Crippen molar-refractivity contribution in [2.24, 2.45) is 5.92 Å². The van der Waals surface area contributed by atoms with E-state index in [9.17, 15) is 9.59 Å². The van der Waals surface area contributed by atoms with E-state index in [1.165, 1.54) is 4.90 Å². The van der Waals surface area contributed by atoms with Crippen LogP contribution in [0.3, 0.4) is 0 Å². The van der Waals surface area contributed by atoms with Crippen molar-refractivity contribution in [2.75, 3.05) is 38.6 Å². The van der Waals surface area contributed by atoms with Gasteiger partial charge in [-0.3, -0.25) is 9.69 Å². The molecule has 0 atom stereocenters. The maximum Gasteiger partial charge on any atom is 0.419 e. The van der Waals surface area contributed by atoms with E-state index in [2.05, 4.69) is 17.3 Å². The number of likely N-dealkylation sites (tertiary alicyclic amines) is 1. The van der Waals surface area contributed by atoms with E-state index in [0.29, 0.717) is 12.3 Å². The predicted molar refractivity (Wildman–Crippen MR) is 114 cm³/mol. The van der Waals surface area contributed by atoms with E-state index >= 15 is 0 Å². The van der Waals surface area contributed by atoms with Gasteiger partial charge >= 0.3 is 6.09 Å². The van der Waals surface area contributed by atoms with E-state index in [1.807, 2.05) is 42.5 Å². The van der Waals surface area contributed by atoms with Gasteiger partial charge in [-0.2, -0.15) is 0 Å². The van der Waals surface area contributed by atoms with Crippen LogP contribution in [0.2, 0.25) is 0 Å². The van der Waals surface area contributed by atoms with Crippen LogP contribution in [0.5, 0.6) is 5.75 Å². The number of carbonyl (C=O) groups is 2. The molecular formula is C23H29N3O3. The van der Waals surface area contributed by atoms with Crippen molar-refractivity contribution in [1.82, 2.24) is 10.2 Å². The maximum absolute atomic E-state index is 12.3. The van der Waals surface area contributed by atoms with Gasteiger partial charge in [0, 0.05) is 25.2 Å². The summed E-state index contributed by atoms with van der Waals surface area (Å²) in [5, 5.41) is 3.05. The zero-order chi connectivity index (χ0) is 20.6. The molecule has 0 bridgehead atoms. The van der Waals surface area contributed by atoms with Crippen molar-refractivity contribution < 1.29 is 14.3 Å². The first-order valence-corrected chi connectivity index (χ1v) is 10.1. The lowest BCUT2D eigenvalue weighted by atomic mass is 9.96. The normalized spacial score (nSPS) is 15.0. The number of nitrogens with zero attached hydrogens (tertiary/aromatic N) is 2. The number of carbonyl (C=O) groups excluding carboxylic acids is 2. The Bertz CT molecular complexity index is 800. The van der Waals surface area contributed by atoms with Crippen LogP contribution in [0.25, 0.3) is 0 Å². The van der Waals surface area contributed by atoms with Gasteiger partial charge in [0.2, 0.25) is 5.91 Å². The van der Waals surface area contributed by atoms with Crippen LogP contribution in [-0.2, 0) is 11.2 Å². The molecule has 1 aliphatic heterocycles. The number of amides is 2. The SMILES string of the molecule is CN1CCC(C(=O)NCCc2ccc(OC(=O)N(C)c3ccccc3)cc2)CC1. The van der Waals surface area contributed by atoms with Crippen LogP contribution in [0, 0.1) is 5.92 Å². The number of hydrogen-bond acceptors (Lipinski definition) is 4. The number of piperidine rings is 1. The Balaban J connectivity index is 1.43. The highest BCUT2D eigenvalue weighted by molar-refractivity contribution is 5.88. The Morgan fingerprint density at radius 3 is 2.38 bits per heavy atom. The Hall–Kier alpha value is -2.86. The third-order valence-electron chi connectivity index (χ3n) is 5.35. The second-order valence-electron chi connectivity index (χ2n) is 7.53. The van der Waals surface area contributed by atoms with Crippen LogP contribution in [0.1, 0.15) is 18.4 Å². The summed E-state index contributed by atoms with van der Waals surface area (Å²) in [6, 6.07) is 16.8. The minimum atomic E-state index is -0.436. The summed E-state index contributed by atoms with van der Waals surface area (Å²) < 4.78 is 5.43. The van der Waals surface area contributed by atoms with E-state index in [1.54, 1.807) is 19.2 Å². The predicted octanol–water partition coefficient (Wildman–Crippen LogP) is 3.32. The molecule has 1 N–H and O–H groups in total. The van der Waals surface area contributed by atoms with Gasteiger partial charge < -0.3 is 15.0 Å². The molecule has 154 valence electrons.